The van der Waals surface area contributed by atoms with E-state index in [4.69, 9.17) is 9.05 Å². The Hall–Kier alpha value is -7.28. The number of anilines is 2. The number of nitro groups is 2. The number of urea groups is 1. The number of nitro benzene ring substituents is 2. The van der Waals surface area contributed by atoms with Crippen LogP contribution in [0.4, 0.5) is 38.9 Å². The van der Waals surface area contributed by atoms with Gasteiger partial charge < -0.3 is 35.2 Å². The fourth-order valence-corrected chi connectivity index (χ4v) is 12.6. The number of fused-ring (bicyclic) bond motifs is 1. The van der Waals surface area contributed by atoms with E-state index in [1.165, 1.54) is 23.8 Å². The van der Waals surface area contributed by atoms with E-state index < -0.39 is 24.6 Å². The molecule has 2 saturated heterocycles. The quantitative estimate of drug-likeness (QED) is 0.00953. The van der Waals surface area contributed by atoms with Crippen LogP contribution in [-0.2, 0) is 42.3 Å². The number of hydrogen-bond donors (Lipinski definition) is 4. The van der Waals surface area contributed by atoms with Crippen LogP contribution in [0.5, 0.6) is 0 Å². The first kappa shape index (κ1) is 59.0. The minimum atomic E-state index is -3.29. The molecule has 0 radical (unpaired) electrons. The molecule has 5 aromatic carbocycles. The number of carbonyl (C=O) groups is 3. The average Bonchev–Trinajstić information content (AvgIpc) is 4.00. The normalized spacial score (nSPS) is 17.0. The Morgan fingerprint density at radius 1 is 0.766 bits per heavy atom. The van der Waals surface area contributed by atoms with Gasteiger partial charge in [-0.25, -0.2) is 4.79 Å². The van der Waals surface area contributed by atoms with Crippen LogP contribution >= 0.6 is 26.5 Å². The lowest BCUT2D eigenvalue weighted by Gasteiger charge is -2.16. The molecule has 0 aliphatic carbocycles. The second-order valence-electron chi connectivity index (χ2n) is 18.3. The molecule has 2 aliphatic rings. The van der Waals surface area contributed by atoms with Crippen molar-refractivity contribution in [1.29, 1.82) is 0 Å². The molecule has 5 unspecified atom stereocenters. The molecule has 2 aliphatic heterocycles. The van der Waals surface area contributed by atoms with E-state index in [0.717, 1.165) is 42.0 Å². The van der Waals surface area contributed by atoms with E-state index in [1.54, 1.807) is 84.9 Å². The summed E-state index contributed by atoms with van der Waals surface area (Å²) in [7, 11) is -2.53. The average molecular weight is 1110 g/mol. The zero-order valence-electron chi connectivity index (χ0n) is 42.9. The third-order valence-corrected chi connectivity index (χ3v) is 18.0. The topological polar surface area (TPSA) is 266 Å². The van der Waals surface area contributed by atoms with Crippen molar-refractivity contribution in [2.24, 2.45) is 10.2 Å². The van der Waals surface area contributed by atoms with Gasteiger partial charge >= 0.3 is 6.03 Å². The fourth-order valence-electron chi connectivity index (χ4n) is 8.17. The molecule has 77 heavy (non-hydrogen) atoms. The van der Waals surface area contributed by atoms with Crippen molar-refractivity contribution in [3.63, 3.8) is 0 Å². The van der Waals surface area contributed by atoms with Gasteiger partial charge in [0.15, 0.2) is 0 Å². The van der Waals surface area contributed by atoms with Crippen LogP contribution in [0.2, 0.25) is 0 Å². The fraction of sp³-hybridized carbons (Fsp3) is 0.315. The molecule has 20 nitrogen and oxygen atoms in total. The summed E-state index contributed by atoms with van der Waals surface area (Å²) >= 11 is 1.87. The van der Waals surface area contributed by atoms with Crippen molar-refractivity contribution in [3.05, 3.63) is 189 Å². The number of nitrogens with one attached hydrogen (secondary N) is 4. The van der Waals surface area contributed by atoms with Gasteiger partial charge in [0.1, 0.15) is 0 Å². The highest BCUT2D eigenvalue weighted by Gasteiger charge is 2.42. The maximum Gasteiger partial charge on any atom is 0.315 e. The number of azo groups is 1. The molecule has 5 aromatic rings. The summed E-state index contributed by atoms with van der Waals surface area (Å²) < 4.78 is 37.3. The third-order valence-electron chi connectivity index (χ3n) is 12.5. The van der Waals surface area contributed by atoms with Gasteiger partial charge in [-0.15, -0.1) is 0 Å². The molecule has 0 bridgehead atoms. The number of amides is 4. The Bertz CT molecular complexity index is 3000. The molecule has 2 fully saturated rings. The van der Waals surface area contributed by atoms with Crippen LogP contribution in [0.15, 0.2) is 156 Å². The number of thioether (sulfide) groups is 1. The SMILES string of the molecule is C=CP(=O)(CCCCNC(=O)c1ccc(N=Nc2ccc(N(C)C)cc2)cc1)OCc1ccccc1[N+](=O)[O-].C=CP(=O)(Cc1ccc(NC(=O)CCCCC2SCC3NC(=O)NC32)cc1)OCc1ccccc1[N+](=O)[O-]. The summed E-state index contributed by atoms with van der Waals surface area (Å²) in [5.74, 6) is 3.16. The number of rotatable bonds is 27. The number of nitrogens with zero attached hydrogens (tertiary/aromatic N) is 5. The van der Waals surface area contributed by atoms with Crippen LogP contribution in [0.3, 0.4) is 0 Å². The van der Waals surface area contributed by atoms with Crippen LogP contribution in [0, 0.1) is 20.2 Å². The monoisotopic (exact) mass is 1110 g/mol. The molecule has 4 amide bonds. The lowest BCUT2D eigenvalue weighted by atomic mass is 10.0. The van der Waals surface area contributed by atoms with Gasteiger partial charge in [-0.05, 0) is 116 Å². The van der Waals surface area contributed by atoms with Crippen molar-refractivity contribution in [3.8, 4) is 0 Å². The van der Waals surface area contributed by atoms with E-state index >= 15 is 0 Å². The largest absolute Gasteiger partial charge is 0.378 e. The molecule has 0 aromatic heterocycles. The minimum Gasteiger partial charge on any atom is -0.378 e. The van der Waals surface area contributed by atoms with Gasteiger partial charge in [-0.1, -0.05) is 56.0 Å². The van der Waals surface area contributed by atoms with E-state index in [0.29, 0.717) is 59.1 Å². The molecule has 2 heterocycles. The minimum absolute atomic E-state index is 0.0740. The number of unbranched alkanes of at least 4 members (excludes halogenated alkanes) is 2. The predicted molar refractivity (Wildman–Crippen MR) is 302 cm³/mol. The van der Waals surface area contributed by atoms with E-state index in [2.05, 4.69) is 44.7 Å². The van der Waals surface area contributed by atoms with Crippen LogP contribution < -0.4 is 26.2 Å². The first-order chi connectivity index (χ1) is 37.0. The summed E-state index contributed by atoms with van der Waals surface area (Å²) in [6, 6.07) is 34.2. The van der Waals surface area contributed by atoms with E-state index in [-0.39, 0.29) is 66.8 Å². The third kappa shape index (κ3) is 18.2. The highest BCUT2D eigenvalue weighted by molar-refractivity contribution is 8.00. The molecule has 23 heteroatoms. The van der Waals surface area contributed by atoms with E-state index in [1.807, 2.05) is 55.0 Å². The maximum atomic E-state index is 13.2. The molecular formula is C54H63N9O11P2S. The van der Waals surface area contributed by atoms with Gasteiger partial charge in [0, 0.05) is 73.3 Å². The number of carbonyl (C=O) groups excluding carboxylic acids is 3. The maximum absolute atomic E-state index is 13.2. The number of benzene rings is 5. The second-order valence-corrected chi connectivity index (χ2v) is 24.4. The Labute approximate surface area is 451 Å². The highest BCUT2D eigenvalue weighted by atomic mass is 32.2. The smallest absolute Gasteiger partial charge is 0.315 e. The molecule has 406 valence electrons. The van der Waals surface area contributed by atoms with Gasteiger partial charge in [-0.3, -0.25) is 38.9 Å². The van der Waals surface area contributed by atoms with Crippen LogP contribution in [-0.4, -0.2) is 77.6 Å². The van der Waals surface area contributed by atoms with Gasteiger partial charge in [0.2, 0.25) is 20.6 Å². The van der Waals surface area contributed by atoms with E-state index in [9.17, 15) is 43.7 Å². The lowest BCUT2D eigenvalue weighted by molar-refractivity contribution is -0.386. The molecule has 0 saturated carbocycles. The summed E-state index contributed by atoms with van der Waals surface area (Å²) in [6.45, 7) is 7.33. The van der Waals surface area contributed by atoms with Gasteiger partial charge in [0.25, 0.3) is 17.3 Å². The van der Waals surface area contributed by atoms with Crippen LogP contribution in [0.25, 0.3) is 0 Å². The van der Waals surface area contributed by atoms with Crippen molar-refractivity contribution in [2.45, 2.75) is 75.2 Å². The summed E-state index contributed by atoms with van der Waals surface area (Å²) in [5.41, 5.74) is 4.82. The van der Waals surface area contributed by atoms with Gasteiger partial charge in [-0.2, -0.15) is 22.0 Å². The highest BCUT2D eigenvalue weighted by Crippen LogP contribution is 2.52. The second kappa shape index (κ2) is 28.7. The first-order valence-electron chi connectivity index (χ1n) is 24.8. The van der Waals surface area contributed by atoms with Gasteiger partial charge in [0.05, 0.1) is 63.8 Å². The summed E-state index contributed by atoms with van der Waals surface area (Å²) in [4.78, 5) is 59.7. The summed E-state index contributed by atoms with van der Waals surface area (Å²) in [6.07, 6.45) is 4.45. The molecule has 4 N–H and O–H groups in total. The van der Waals surface area contributed by atoms with Crippen LogP contribution in [0.1, 0.15) is 65.6 Å². The number of para-hydroxylation sites is 2. The standard InChI is InChI=1S/C28H32N5O5P.C26H31N4O6PS/c1-4-39(37,38-21-23-9-5-6-10-27(23)33(35)36)20-8-7-19-29-28(34)22-11-13-24(14-12-22)30-31-25-15-17-26(18-16-25)32(2)3;1-2-37(35,36-15-19-7-3-4-8-22(19)30(33)34)16-18-11-13-20(14-12-18)27-24(31)10-6-5-9-23-25-21(17-38-23)28-26(32)29-25/h4-6,9-18H,1,7-8,19-21H2,2-3H3,(H,29,34);2-4,7-8,11-14,21,23,25H,1,5-6,9-10,15-17H2,(H,27,31)(H2,28,29,32). The lowest BCUT2D eigenvalue weighted by Crippen LogP contribution is -2.36. The van der Waals surface area contributed by atoms with Crippen molar-refractivity contribution < 1.29 is 42.4 Å². The van der Waals surface area contributed by atoms with Crippen molar-refractivity contribution in [2.75, 3.05) is 42.8 Å². The Morgan fingerprint density at radius 3 is 1.91 bits per heavy atom. The Balaban J connectivity index is 0.000000250. The zero-order chi connectivity index (χ0) is 55.4. The molecular weight excluding hydrogens is 1040 g/mol. The first-order valence-corrected chi connectivity index (χ1v) is 29.6. The number of hydrogen-bond acceptors (Lipinski definition) is 15. The van der Waals surface area contributed by atoms with Crippen molar-refractivity contribution in [1.82, 2.24) is 16.0 Å². The molecule has 5 atom stereocenters. The van der Waals surface area contributed by atoms with Crippen molar-refractivity contribution >= 4 is 78.5 Å². The Kier molecular flexibility index (Phi) is 22.0. The molecule has 7 rings (SSSR count). The molecule has 0 spiro atoms. The summed E-state index contributed by atoms with van der Waals surface area (Å²) in [5, 5.41) is 42.8. The Morgan fingerprint density at radius 2 is 1.34 bits per heavy atom. The zero-order valence-corrected chi connectivity index (χ0v) is 45.5. The predicted octanol–water partition coefficient (Wildman–Crippen LogP) is 12.6.